The Kier molecular flexibility index (Phi) is 10.7. The van der Waals surface area contributed by atoms with E-state index in [9.17, 15) is 22.8 Å². The summed E-state index contributed by atoms with van der Waals surface area (Å²) in [5.41, 5.74) is 2.13. The molecule has 0 aliphatic carbocycles. The lowest BCUT2D eigenvalue weighted by atomic mass is 10.0. The van der Waals surface area contributed by atoms with Crippen molar-refractivity contribution in [2.24, 2.45) is 0 Å². The second-order valence-corrected chi connectivity index (χ2v) is 14.6. The van der Waals surface area contributed by atoms with Gasteiger partial charge < -0.3 is 20.3 Å². The minimum absolute atomic E-state index is 0.0617. The Bertz CT molecular complexity index is 1920. The number of carbonyl (C=O) groups is 3. The number of esters is 1. The third-order valence-electron chi connectivity index (χ3n) is 7.72. The van der Waals surface area contributed by atoms with E-state index in [2.05, 4.69) is 10.6 Å². The summed E-state index contributed by atoms with van der Waals surface area (Å²) in [7, 11) is 0.886. The number of thioether (sulfide) groups is 1. The first kappa shape index (κ1) is 34.5. The maximum atomic E-state index is 14.0. The lowest BCUT2D eigenvalue weighted by Crippen LogP contribution is -2.52. The van der Waals surface area contributed by atoms with Gasteiger partial charge in [-0.15, -0.1) is 11.8 Å². The van der Waals surface area contributed by atoms with Crippen LogP contribution in [0.15, 0.2) is 83.8 Å². The molecule has 4 aromatic rings. The number of rotatable bonds is 10. The van der Waals surface area contributed by atoms with Gasteiger partial charge in [-0.3, -0.25) is 9.59 Å². The van der Waals surface area contributed by atoms with Crippen LogP contribution in [0.25, 0.3) is 10.8 Å². The van der Waals surface area contributed by atoms with Gasteiger partial charge in [0.2, 0.25) is 15.9 Å². The van der Waals surface area contributed by atoms with Crippen LogP contribution in [0.3, 0.4) is 0 Å². The Labute approximate surface area is 287 Å². The molecule has 14 heteroatoms. The van der Waals surface area contributed by atoms with E-state index >= 15 is 0 Å². The molecule has 0 spiro atoms. The molecule has 246 valence electrons. The van der Waals surface area contributed by atoms with Gasteiger partial charge in [0.1, 0.15) is 12.1 Å². The van der Waals surface area contributed by atoms with Gasteiger partial charge in [-0.05, 0) is 42.0 Å². The number of fused-ring (bicyclic) bond motifs is 1. The van der Waals surface area contributed by atoms with Crippen molar-refractivity contribution < 1.29 is 27.5 Å². The van der Waals surface area contributed by atoms with Gasteiger partial charge in [-0.2, -0.15) is 4.31 Å². The summed E-state index contributed by atoms with van der Waals surface area (Å²) in [4.78, 5) is 41.1. The molecule has 1 saturated heterocycles. The number of hydrogen-bond donors (Lipinski definition) is 2. The highest BCUT2D eigenvalue weighted by Crippen LogP contribution is 2.35. The highest BCUT2D eigenvalue weighted by atomic mass is 35.5. The van der Waals surface area contributed by atoms with Gasteiger partial charge in [0.15, 0.2) is 0 Å². The lowest BCUT2D eigenvalue weighted by Gasteiger charge is -2.25. The Balaban J connectivity index is 1.32. The molecular weight excluding hydrogens is 683 g/mol. The van der Waals surface area contributed by atoms with Gasteiger partial charge in [0.05, 0.1) is 33.5 Å². The molecule has 2 N–H and O–H groups in total. The molecule has 0 unspecified atom stereocenters. The van der Waals surface area contributed by atoms with Crippen molar-refractivity contribution in [3.63, 3.8) is 0 Å². The van der Waals surface area contributed by atoms with E-state index in [0.717, 1.165) is 11.1 Å². The topological polar surface area (TPSA) is 125 Å². The third kappa shape index (κ3) is 7.37. The molecule has 0 saturated carbocycles. The summed E-state index contributed by atoms with van der Waals surface area (Å²) in [6, 6.07) is 19.9. The van der Waals surface area contributed by atoms with E-state index in [1.54, 1.807) is 66.7 Å². The molecule has 4 aromatic carbocycles. The molecule has 2 amide bonds. The van der Waals surface area contributed by atoms with Crippen LogP contribution in [0.1, 0.15) is 15.9 Å². The molecule has 1 fully saturated rings. The molecule has 47 heavy (non-hydrogen) atoms. The van der Waals surface area contributed by atoms with Crippen LogP contribution in [-0.2, 0) is 30.8 Å². The maximum Gasteiger partial charge on any atom is 0.328 e. The van der Waals surface area contributed by atoms with Crippen LogP contribution in [-0.4, -0.2) is 75.4 Å². The van der Waals surface area contributed by atoms with Crippen LogP contribution in [0.4, 0.5) is 11.4 Å². The number of nitrogens with one attached hydrogen (secondary N) is 2. The van der Waals surface area contributed by atoms with Crippen molar-refractivity contribution in [1.29, 1.82) is 0 Å². The van der Waals surface area contributed by atoms with Crippen LogP contribution in [0, 0.1) is 0 Å². The van der Waals surface area contributed by atoms with E-state index < -0.39 is 39.9 Å². The second-order valence-electron chi connectivity index (χ2n) is 11.0. The highest BCUT2D eigenvalue weighted by Gasteiger charge is 2.41. The van der Waals surface area contributed by atoms with Crippen molar-refractivity contribution in [3.8, 4) is 0 Å². The first-order chi connectivity index (χ1) is 22.4. The molecule has 0 radical (unpaired) electrons. The van der Waals surface area contributed by atoms with Crippen LogP contribution < -0.4 is 15.5 Å². The monoisotopic (exact) mass is 714 g/mol. The number of ether oxygens (including phenoxy) is 1. The number of anilines is 2. The number of amides is 2. The van der Waals surface area contributed by atoms with Crippen LogP contribution in [0.5, 0.6) is 0 Å². The predicted octanol–water partition coefficient (Wildman–Crippen LogP) is 5.43. The summed E-state index contributed by atoms with van der Waals surface area (Å²) < 4.78 is 34.2. The normalized spacial score (nSPS) is 15.6. The Morgan fingerprint density at radius 3 is 2.26 bits per heavy atom. The fourth-order valence-electron chi connectivity index (χ4n) is 5.35. The van der Waals surface area contributed by atoms with Crippen molar-refractivity contribution in [3.05, 3.63) is 100 Å². The number of nitrogens with zero attached hydrogens (tertiary/aromatic N) is 2. The number of benzene rings is 4. The molecule has 0 bridgehead atoms. The first-order valence-electron chi connectivity index (χ1n) is 14.4. The quantitative estimate of drug-likeness (QED) is 0.209. The first-order valence-corrected chi connectivity index (χ1v) is 17.8. The zero-order chi connectivity index (χ0) is 33.9. The molecule has 10 nitrogen and oxygen atoms in total. The molecule has 1 aliphatic rings. The Morgan fingerprint density at radius 1 is 0.957 bits per heavy atom. The zero-order valence-corrected chi connectivity index (χ0v) is 28.8. The molecule has 0 aromatic heterocycles. The molecule has 1 aliphatic heterocycles. The zero-order valence-electron chi connectivity index (χ0n) is 25.7. The van der Waals surface area contributed by atoms with Gasteiger partial charge in [0, 0.05) is 48.4 Å². The summed E-state index contributed by atoms with van der Waals surface area (Å²) in [5.74, 6) is -1.47. The van der Waals surface area contributed by atoms with Crippen LogP contribution >= 0.6 is 35.0 Å². The van der Waals surface area contributed by atoms with Gasteiger partial charge >= 0.3 is 5.97 Å². The van der Waals surface area contributed by atoms with Crippen molar-refractivity contribution in [1.82, 2.24) is 9.62 Å². The molecular formula is C33H32Cl2N4O6S2. The number of carbonyl (C=O) groups excluding carboxylic acids is 3. The van der Waals surface area contributed by atoms with Crippen molar-refractivity contribution >= 4 is 84.9 Å². The van der Waals surface area contributed by atoms with Crippen LogP contribution in [0.2, 0.25) is 10.0 Å². The summed E-state index contributed by atoms with van der Waals surface area (Å²) in [6.45, 7) is 0. The Hall–Kier alpha value is -3.81. The van der Waals surface area contributed by atoms with Gasteiger partial charge in [-0.25, -0.2) is 13.2 Å². The van der Waals surface area contributed by atoms with Crippen molar-refractivity contribution in [2.75, 3.05) is 43.1 Å². The van der Waals surface area contributed by atoms with Gasteiger partial charge in [0.25, 0.3) is 5.91 Å². The SMILES string of the molecule is COC(=O)[C@H](Cc1ccc(NC(=O)c2c(Cl)cccc2Cl)cc1)NC(=O)[C@H]1CSCN1S(=O)(=O)c1cccc2c(N(C)C)cccc12. The lowest BCUT2D eigenvalue weighted by molar-refractivity contribution is -0.145. The van der Waals surface area contributed by atoms with E-state index in [0.29, 0.717) is 16.6 Å². The van der Waals surface area contributed by atoms with Gasteiger partial charge in [-0.1, -0.05) is 65.7 Å². The van der Waals surface area contributed by atoms with E-state index in [1.807, 2.05) is 31.1 Å². The maximum absolute atomic E-state index is 14.0. The standard InChI is InChI=1S/C33H32Cl2N4O6S2/c1-38(2)27-11-4-8-23-22(27)7-5-12-29(23)47(43,44)39-19-46-18-28(39)31(40)37-26(33(42)45-3)17-20-13-15-21(16-14-20)36-32(41)30-24(34)9-6-10-25(30)35/h4-16,26,28H,17-19H2,1-3H3,(H,36,41)(H,37,40)/t26-,28+/m0/s1. The fraction of sp³-hybridized carbons (Fsp3) is 0.242. The smallest absolute Gasteiger partial charge is 0.328 e. The molecule has 2 atom stereocenters. The average molecular weight is 716 g/mol. The summed E-state index contributed by atoms with van der Waals surface area (Å²) in [6.07, 6.45) is 0.0617. The number of halogens is 2. The number of hydrogen-bond acceptors (Lipinski definition) is 8. The Morgan fingerprint density at radius 2 is 1.60 bits per heavy atom. The highest BCUT2D eigenvalue weighted by molar-refractivity contribution is 8.00. The molecule has 1 heterocycles. The van der Waals surface area contributed by atoms with E-state index in [4.69, 9.17) is 27.9 Å². The minimum Gasteiger partial charge on any atom is -0.467 e. The van der Waals surface area contributed by atoms with E-state index in [1.165, 1.54) is 23.2 Å². The summed E-state index contributed by atoms with van der Waals surface area (Å²) >= 11 is 13.6. The minimum atomic E-state index is -4.10. The average Bonchev–Trinajstić information content (AvgIpc) is 3.56. The predicted molar refractivity (Wildman–Crippen MR) is 187 cm³/mol. The largest absolute Gasteiger partial charge is 0.467 e. The molecule has 5 rings (SSSR count). The van der Waals surface area contributed by atoms with E-state index in [-0.39, 0.29) is 38.6 Å². The number of methoxy groups -OCH3 is 1. The van der Waals surface area contributed by atoms with Crippen molar-refractivity contribution in [2.45, 2.75) is 23.4 Å². The number of sulfonamides is 1. The second kappa shape index (κ2) is 14.5. The fourth-order valence-corrected chi connectivity index (χ4v) is 9.27. The summed E-state index contributed by atoms with van der Waals surface area (Å²) in [5, 5.41) is 7.21. The third-order valence-corrected chi connectivity index (χ3v) is 11.4.